The quantitative estimate of drug-likeness (QED) is 0.731. The van der Waals surface area contributed by atoms with Crippen LogP contribution in [0.15, 0.2) is 56.7 Å². The first-order valence-corrected chi connectivity index (χ1v) is 7.22. The fraction of sp³-hybridized carbons (Fsp3) is 0.133. The van der Waals surface area contributed by atoms with Crippen LogP contribution in [-0.4, -0.2) is 5.78 Å². The number of carbonyl (C=O) groups excluding carboxylic acids is 1. The molecule has 0 fully saturated rings. The Kier molecular flexibility index (Phi) is 4.25. The third kappa shape index (κ3) is 3.24. The van der Waals surface area contributed by atoms with E-state index in [-0.39, 0.29) is 5.78 Å². The van der Waals surface area contributed by atoms with Gasteiger partial charge in [0.05, 0.1) is 0 Å². The molecule has 0 amide bonds. The van der Waals surface area contributed by atoms with E-state index in [4.69, 9.17) is 0 Å². The van der Waals surface area contributed by atoms with E-state index in [2.05, 4.69) is 47.1 Å². The van der Waals surface area contributed by atoms with Crippen LogP contribution in [0.25, 0.3) is 0 Å². The summed E-state index contributed by atoms with van der Waals surface area (Å²) in [6, 6.07) is 14.1. The lowest BCUT2D eigenvalue weighted by molar-refractivity contribution is 0.101. The number of halogens is 1. The number of benzene rings is 2. The Hall–Kier alpha value is -1.06. The van der Waals surface area contributed by atoms with Crippen molar-refractivity contribution in [2.24, 2.45) is 0 Å². The van der Waals surface area contributed by atoms with Gasteiger partial charge in [0.2, 0.25) is 0 Å². The molecule has 92 valence electrons. The lowest BCUT2D eigenvalue weighted by Crippen LogP contribution is -1.91. The fourth-order valence-corrected chi connectivity index (χ4v) is 3.17. The summed E-state index contributed by atoms with van der Waals surface area (Å²) >= 11 is 5.21. The number of Topliss-reactive ketones (excluding diaryl/α,β-unsaturated/α-hetero) is 1. The van der Waals surface area contributed by atoms with E-state index in [1.165, 1.54) is 10.5 Å². The summed E-state index contributed by atoms with van der Waals surface area (Å²) in [5.74, 6) is 0.0859. The van der Waals surface area contributed by atoms with Crippen molar-refractivity contribution in [3.63, 3.8) is 0 Å². The summed E-state index contributed by atoms with van der Waals surface area (Å²) in [7, 11) is 0. The Bertz CT molecular complexity index is 593. The third-order valence-corrected chi connectivity index (χ3v) is 4.54. The maximum absolute atomic E-state index is 11.3. The highest BCUT2D eigenvalue weighted by atomic mass is 79.9. The zero-order chi connectivity index (χ0) is 13.1. The second-order valence-electron chi connectivity index (χ2n) is 4.12. The van der Waals surface area contributed by atoms with Crippen LogP contribution in [0.5, 0.6) is 0 Å². The Labute approximate surface area is 120 Å². The van der Waals surface area contributed by atoms with Crippen molar-refractivity contribution in [2.75, 3.05) is 0 Å². The maximum Gasteiger partial charge on any atom is 0.159 e. The Balaban J connectivity index is 2.27. The number of ketones is 1. The molecule has 1 nitrogen and oxygen atoms in total. The van der Waals surface area contributed by atoms with E-state index in [1.807, 2.05) is 18.2 Å². The average molecular weight is 321 g/mol. The van der Waals surface area contributed by atoms with Gasteiger partial charge in [-0.15, -0.1) is 0 Å². The number of aryl methyl sites for hydroxylation is 1. The second kappa shape index (κ2) is 5.72. The van der Waals surface area contributed by atoms with Gasteiger partial charge in [-0.25, -0.2) is 0 Å². The molecule has 0 aliphatic rings. The van der Waals surface area contributed by atoms with Crippen LogP contribution < -0.4 is 0 Å². The molecule has 0 bridgehead atoms. The highest BCUT2D eigenvalue weighted by Crippen LogP contribution is 2.34. The number of rotatable bonds is 3. The number of hydrogen-bond acceptors (Lipinski definition) is 2. The highest BCUT2D eigenvalue weighted by Gasteiger charge is 2.06. The number of carbonyl (C=O) groups is 1. The van der Waals surface area contributed by atoms with Crippen molar-refractivity contribution in [1.29, 1.82) is 0 Å². The lowest BCUT2D eigenvalue weighted by Gasteiger charge is -2.06. The van der Waals surface area contributed by atoms with Gasteiger partial charge >= 0.3 is 0 Å². The molecule has 0 saturated carbocycles. The van der Waals surface area contributed by atoms with Crippen molar-refractivity contribution < 1.29 is 4.79 Å². The first-order valence-electron chi connectivity index (χ1n) is 5.61. The predicted molar refractivity (Wildman–Crippen MR) is 79.4 cm³/mol. The molecule has 0 radical (unpaired) electrons. The van der Waals surface area contributed by atoms with Gasteiger partial charge in [0.25, 0.3) is 0 Å². The minimum Gasteiger partial charge on any atom is -0.295 e. The molecule has 3 heteroatoms. The van der Waals surface area contributed by atoms with Gasteiger partial charge in [0.1, 0.15) is 0 Å². The van der Waals surface area contributed by atoms with Crippen molar-refractivity contribution in [3.05, 3.63) is 58.1 Å². The minimum absolute atomic E-state index is 0.0859. The average Bonchev–Trinajstić information content (AvgIpc) is 2.31. The molecule has 0 unspecified atom stereocenters. The van der Waals surface area contributed by atoms with Crippen molar-refractivity contribution in [3.8, 4) is 0 Å². The van der Waals surface area contributed by atoms with E-state index >= 15 is 0 Å². The van der Waals surface area contributed by atoms with E-state index in [9.17, 15) is 4.79 Å². The zero-order valence-corrected chi connectivity index (χ0v) is 12.6. The van der Waals surface area contributed by atoms with Crippen LogP contribution in [-0.2, 0) is 0 Å². The lowest BCUT2D eigenvalue weighted by atomic mass is 10.2. The largest absolute Gasteiger partial charge is 0.295 e. The topological polar surface area (TPSA) is 17.1 Å². The molecule has 0 aliphatic carbocycles. The van der Waals surface area contributed by atoms with Crippen molar-refractivity contribution >= 4 is 33.5 Å². The van der Waals surface area contributed by atoms with Gasteiger partial charge in [-0.2, -0.15) is 0 Å². The van der Waals surface area contributed by atoms with Crippen LogP contribution in [0, 0.1) is 6.92 Å². The van der Waals surface area contributed by atoms with E-state index in [1.54, 1.807) is 18.7 Å². The first kappa shape index (κ1) is 13.4. The van der Waals surface area contributed by atoms with Crippen molar-refractivity contribution in [1.82, 2.24) is 0 Å². The SMILES string of the molecule is CC(=O)c1ccc(Sc2cccc(C)c2)c(Br)c1. The zero-order valence-electron chi connectivity index (χ0n) is 10.2. The molecular weight excluding hydrogens is 308 g/mol. The fourth-order valence-electron chi connectivity index (χ4n) is 1.61. The monoisotopic (exact) mass is 320 g/mol. The van der Waals surface area contributed by atoms with Crippen LogP contribution in [0.3, 0.4) is 0 Å². The maximum atomic E-state index is 11.3. The first-order chi connectivity index (χ1) is 8.56. The Morgan fingerprint density at radius 3 is 2.56 bits per heavy atom. The van der Waals surface area contributed by atoms with Gasteiger partial charge in [-0.1, -0.05) is 35.5 Å². The summed E-state index contributed by atoms with van der Waals surface area (Å²) in [6.07, 6.45) is 0. The standard InChI is InChI=1S/C15H13BrOS/c1-10-4-3-5-13(8-10)18-15-7-6-12(11(2)17)9-14(15)16/h3-9H,1-2H3. The van der Waals surface area contributed by atoms with Gasteiger partial charge in [-0.05, 0) is 54.0 Å². The van der Waals surface area contributed by atoms with Crippen LogP contribution in [0.4, 0.5) is 0 Å². The van der Waals surface area contributed by atoms with Crippen molar-refractivity contribution in [2.45, 2.75) is 23.6 Å². The van der Waals surface area contributed by atoms with Gasteiger partial charge < -0.3 is 0 Å². The molecule has 0 saturated heterocycles. The Morgan fingerprint density at radius 2 is 1.94 bits per heavy atom. The normalized spacial score (nSPS) is 10.4. The Morgan fingerprint density at radius 1 is 1.17 bits per heavy atom. The molecule has 0 atom stereocenters. The second-order valence-corrected chi connectivity index (χ2v) is 6.09. The molecule has 0 aromatic heterocycles. The van der Waals surface area contributed by atoms with E-state index < -0.39 is 0 Å². The molecular formula is C15H13BrOS. The molecule has 2 rings (SSSR count). The van der Waals surface area contributed by atoms with Gasteiger partial charge in [0, 0.05) is 19.8 Å². The molecule has 0 spiro atoms. The summed E-state index contributed by atoms with van der Waals surface area (Å²) in [6.45, 7) is 3.66. The smallest absolute Gasteiger partial charge is 0.159 e. The van der Waals surface area contributed by atoms with Gasteiger partial charge in [-0.3, -0.25) is 4.79 Å². The van der Waals surface area contributed by atoms with Crippen LogP contribution >= 0.6 is 27.7 Å². The van der Waals surface area contributed by atoms with E-state index in [0.717, 1.165) is 14.9 Å². The van der Waals surface area contributed by atoms with Crippen LogP contribution in [0.1, 0.15) is 22.8 Å². The molecule has 0 aliphatic heterocycles. The summed E-state index contributed by atoms with van der Waals surface area (Å²) < 4.78 is 0.960. The molecule has 2 aromatic carbocycles. The summed E-state index contributed by atoms with van der Waals surface area (Å²) in [5.41, 5.74) is 1.98. The number of hydrogen-bond donors (Lipinski definition) is 0. The third-order valence-electron chi connectivity index (χ3n) is 2.56. The minimum atomic E-state index is 0.0859. The summed E-state index contributed by atoms with van der Waals surface area (Å²) in [5, 5.41) is 0. The van der Waals surface area contributed by atoms with Gasteiger partial charge in [0.15, 0.2) is 5.78 Å². The molecule has 0 N–H and O–H groups in total. The predicted octanol–water partition coefficient (Wildman–Crippen LogP) is 5.11. The molecule has 0 heterocycles. The summed E-state index contributed by atoms with van der Waals surface area (Å²) in [4.78, 5) is 13.6. The highest BCUT2D eigenvalue weighted by molar-refractivity contribution is 9.10. The van der Waals surface area contributed by atoms with Crippen LogP contribution in [0.2, 0.25) is 0 Å². The molecule has 18 heavy (non-hydrogen) atoms. The van der Waals surface area contributed by atoms with E-state index in [0.29, 0.717) is 0 Å². The molecule has 2 aromatic rings.